The van der Waals surface area contributed by atoms with E-state index in [1.807, 2.05) is 26.0 Å². The lowest BCUT2D eigenvalue weighted by Crippen LogP contribution is -2.27. The molecule has 0 radical (unpaired) electrons. The van der Waals surface area contributed by atoms with E-state index in [2.05, 4.69) is 33.4 Å². The van der Waals surface area contributed by atoms with Gasteiger partial charge in [0.05, 0.1) is 0 Å². The average molecular weight is 312 g/mol. The summed E-state index contributed by atoms with van der Waals surface area (Å²) < 4.78 is 0. The lowest BCUT2D eigenvalue weighted by Gasteiger charge is -2.35. The van der Waals surface area contributed by atoms with E-state index in [1.54, 1.807) is 0 Å². The summed E-state index contributed by atoms with van der Waals surface area (Å²) in [7, 11) is 0. The van der Waals surface area contributed by atoms with Gasteiger partial charge in [-0.2, -0.15) is 0 Å². The summed E-state index contributed by atoms with van der Waals surface area (Å²) in [6, 6.07) is 4.01. The second-order valence-corrected chi connectivity index (χ2v) is 6.86. The number of phenolic OH excluding ortho intramolecular Hbond substituents is 1. The van der Waals surface area contributed by atoms with Crippen LogP contribution in [-0.2, 0) is 5.41 Å². The van der Waals surface area contributed by atoms with Crippen LogP contribution in [-0.4, -0.2) is 10.2 Å². The molecule has 2 rings (SSSR count). The van der Waals surface area contributed by atoms with Crippen LogP contribution >= 0.6 is 0 Å². The minimum Gasteiger partial charge on any atom is -0.507 e. The quantitative estimate of drug-likeness (QED) is 0.739. The molecule has 0 heterocycles. The van der Waals surface area contributed by atoms with Gasteiger partial charge in [-0.25, -0.2) is 0 Å². The van der Waals surface area contributed by atoms with Crippen LogP contribution in [0.1, 0.15) is 56.7 Å². The van der Waals surface area contributed by atoms with Gasteiger partial charge < -0.3 is 10.2 Å². The standard InChI is InChI=1S/C21H28O2/c1-7-16-11-15(5)20(23)18(12-16)21(6,8-2)17-10-13(3)9-14(4)19(17)22/h9-10,12,22-23H,5,7-8,11H2,1-4,6H3. The second kappa shape index (κ2) is 6.27. The molecule has 1 unspecified atom stereocenters. The van der Waals surface area contributed by atoms with E-state index in [0.29, 0.717) is 5.75 Å². The van der Waals surface area contributed by atoms with Gasteiger partial charge in [-0.15, -0.1) is 0 Å². The maximum atomic E-state index is 10.7. The van der Waals surface area contributed by atoms with E-state index < -0.39 is 5.41 Å². The third-order valence-corrected chi connectivity index (χ3v) is 5.17. The first-order valence-electron chi connectivity index (χ1n) is 8.36. The van der Waals surface area contributed by atoms with Crippen molar-refractivity contribution in [2.75, 3.05) is 0 Å². The highest BCUT2D eigenvalue weighted by Gasteiger charge is 2.35. The first-order chi connectivity index (χ1) is 10.7. The number of aliphatic hydroxyl groups excluding tert-OH is 1. The molecule has 0 amide bonds. The van der Waals surface area contributed by atoms with Gasteiger partial charge in [0.15, 0.2) is 0 Å². The Balaban J connectivity index is 2.73. The van der Waals surface area contributed by atoms with Crippen molar-refractivity contribution in [1.29, 1.82) is 0 Å². The summed E-state index contributed by atoms with van der Waals surface area (Å²) in [4.78, 5) is 0. The van der Waals surface area contributed by atoms with Crippen molar-refractivity contribution in [2.24, 2.45) is 0 Å². The Hall–Kier alpha value is -1.96. The minimum absolute atomic E-state index is 0.283. The van der Waals surface area contributed by atoms with Crippen molar-refractivity contribution in [3.63, 3.8) is 0 Å². The number of rotatable bonds is 4. The van der Waals surface area contributed by atoms with Crippen LogP contribution in [0.4, 0.5) is 0 Å². The zero-order valence-electron chi connectivity index (χ0n) is 15.0. The van der Waals surface area contributed by atoms with Gasteiger partial charge in [0.25, 0.3) is 0 Å². The van der Waals surface area contributed by atoms with Gasteiger partial charge in [-0.1, -0.05) is 56.7 Å². The molecule has 2 heteroatoms. The van der Waals surface area contributed by atoms with Crippen LogP contribution < -0.4 is 0 Å². The van der Waals surface area contributed by atoms with Crippen molar-refractivity contribution in [3.05, 3.63) is 64.0 Å². The van der Waals surface area contributed by atoms with E-state index in [0.717, 1.165) is 47.1 Å². The maximum Gasteiger partial charge on any atom is 0.122 e. The molecule has 1 aromatic rings. The van der Waals surface area contributed by atoms with Crippen LogP contribution in [0.15, 0.2) is 47.3 Å². The van der Waals surface area contributed by atoms with Crippen LogP contribution in [0, 0.1) is 13.8 Å². The molecule has 0 aliphatic heterocycles. The van der Waals surface area contributed by atoms with Crippen LogP contribution in [0.25, 0.3) is 0 Å². The van der Waals surface area contributed by atoms with Gasteiger partial charge >= 0.3 is 0 Å². The summed E-state index contributed by atoms with van der Waals surface area (Å²) in [5.41, 5.74) is 5.32. The molecule has 0 bridgehead atoms. The molecule has 1 aliphatic carbocycles. The second-order valence-electron chi connectivity index (χ2n) is 6.86. The summed E-state index contributed by atoms with van der Waals surface area (Å²) in [6.07, 6.45) is 4.55. The van der Waals surface area contributed by atoms with E-state index in [-0.39, 0.29) is 5.76 Å². The molecular weight excluding hydrogens is 284 g/mol. The highest BCUT2D eigenvalue weighted by molar-refractivity contribution is 5.56. The van der Waals surface area contributed by atoms with E-state index in [1.165, 1.54) is 5.57 Å². The predicted molar refractivity (Wildman–Crippen MR) is 97.0 cm³/mol. The zero-order valence-corrected chi connectivity index (χ0v) is 15.0. The first kappa shape index (κ1) is 17.4. The van der Waals surface area contributed by atoms with Gasteiger partial charge in [0.2, 0.25) is 0 Å². The molecule has 0 aromatic heterocycles. The number of aryl methyl sites for hydroxylation is 2. The highest BCUT2D eigenvalue weighted by atomic mass is 16.3. The molecule has 2 nitrogen and oxygen atoms in total. The largest absolute Gasteiger partial charge is 0.507 e. The fourth-order valence-corrected chi connectivity index (χ4v) is 3.43. The van der Waals surface area contributed by atoms with Gasteiger partial charge in [0.1, 0.15) is 11.5 Å². The predicted octanol–water partition coefficient (Wildman–Crippen LogP) is 5.79. The highest BCUT2D eigenvalue weighted by Crippen LogP contribution is 2.46. The molecule has 1 aromatic carbocycles. The molecule has 0 saturated heterocycles. The van der Waals surface area contributed by atoms with Crippen molar-refractivity contribution < 1.29 is 10.2 Å². The summed E-state index contributed by atoms with van der Waals surface area (Å²) in [5.74, 6) is 0.605. The maximum absolute atomic E-state index is 10.7. The van der Waals surface area contributed by atoms with Gasteiger partial charge in [-0.05, 0) is 44.2 Å². The number of phenols is 1. The van der Waals surface area contributed by atoms with Crippen molar-refractivity contribution in [1.82, 2.24) is 0 Å². The molecule has 1 atom stereocenters. The minimum atomic E-state index is -0.450. The fraction of sp³-hybridized carbons (Fsp3) is 0.429. The van der Waals surface area contributed by atoms with E-state index >= 15 is 0 Å². The molecular formula is C21H28O2. The monoisotopic (exact) mass is 312 g/mol. The van der Waals surface area contributed by atoms with Crippen LogP contribution in [0.5, 0.6) is 5.75 Å². The summed E-state index contributed by atoms with van der Waals surface area (Å²) in [6.45, 7) is 14.3. The van der Waals surface area contributed by atoms with Crippen LogP contribution in [0.2, 0.25) is 0 Å². The number of aromatic hydroxyl groups is 1. The molecule has 2 N–H and O–H groups in total. The Morgan fingerprint density at radius 3 is 2.39 bits per heavy atom. The average Bonchev–Trinajstić information content (AvgIpc) is 2.52. The number of benzene rings is 1. The molecule has 0 fully saturated rings. The fourth-order valence-electron chi connectivity index (χ4n) is 3.43. The molecule has 1 aliphatic rings. The molecule has 0 saturated carbocycles. The lowest BCUT2D eigenvalue weighted by atomic mass is 9.69. The number of allylic oxidation sites excluding steroid dienone is 4. The Bertz CT molecular complexity index is 707. The van der Waals surface area contributed by atoms with Crippen molar-refractivity contribution >= 4 is 0 Å². The SMILES string of the molecule is C=C1CC(CC)=CC(C(C)(CC)c2cc(C)cc(C)c2O)=C1O. The third kappa shape index (κ3) is 2.95. The third-order valence-electron chi connectivity index (χ3n) is 5.17. The zero-order chi connectivity index (χ0) is 17.4. The molecule has 0 spiro atoms. The van der Waals surface area contributed by atoms with Gasteiger partial charge in [-0.3, -0.25) is 0 Å². The Kier molecular flexibility index (Phi) is 4.74. The Morgan fingerprint density at radius 1 is 1.17 bits per heavy atom. The van der Waals surface area contributed by atoms with Crippen molar-refractivity contribution in [3.8, 4) is 5.75 Å². The van der Waals surface area contributed by atoms with Crippen molar-refractivity contribution in [2.45, 2.75) is 59.3 Å². The number of hydrogen-bond donors (Lipinski definition) is 2. The van der Waals surface area contributed by atoms with Crippen LogP contribution in [0.3, 0.4) is 0 Å². The normalized spacial score (nSPS) is 18.0. The lowest BCUT2D eigenvalue weighted by molar-refractivity contribution is 0.385. The Labute approximate surface area is 139 Å². The van der Waals surface area contributed by atoms with Gasteiger partial charge in [0, 0.05) is 16.6 Å². The summed E-state index contributed by atoms with van der Waals surface area (Å²) in [5, 5.41) is 21.3. The summed E-state index contributed by atoms with van der Waals surface area (Å²) >= 11 is 0. The van der Waals surface area contributed by atoms with E-state index in [9.17, 15) is 10.2 Å². The number of aliphatic hydroxyl groups is 1. The van der Waals surface area contributed by atoms with E-state index in [4.69, 9.17) is 0 Å². The Morgan fingerprint density at radius 2 is 1.83 bits per heavy atom. The topological polar surface area (TPSA) is 40.5 Å². The number of hydrogen-bond acceptors (Lipinski definition) is 2. The molecule has 124 valence electrons. The smallest absolute Gasteiger partial charge is 0.122 e. The molecule has 23 heavy (non-hydrogen) atoms. The first-order valence-corrected chi connectivity index (χ1v) is 8.36.